The smallest absolute Gasteiger partial charge is 0.0473 e. The maximum Gasteiger partial charge on any atom is 0.0473 e. The van der Waals surface area contributed by atoms with Crippen molar-refractivity contribution in [2.75, 3.05) is 11.9 Å². The molecule has 0 N–H and O–H groups in total. The van der Waals surface area contributed by atoms with Crippen molar-refractivity contribution in [2.45, 2.75) is 48.5 Å². The molecule has 0 saturated heterocycles. The first kappa shape index (κ1) is 15.6. The lowest BCUT2D eigenvalue weighted by molar-refractivity contribution is 1.09. The van der Waals surface area contributed by atoms with Crippen LogP contribution in [0.15, 0.2) is 18.2 Å². The van der Waals surface area contributed by atoms with Crippen molar-refractivity contribution >= 4 is 11.4 Å². The Morgan fingerprint density at radius 2 is 1.10 bits per heavy atom. The Kier molecular flexibility index (Phi) is 4.13. The molecule has 0 atom stereocenters. The number of anilines is 2. The zero-order valence-corrected chi connectivity index (χ0v) is 14.7. The van der Waals surface area contributed by atoms with Crippen LogP contribution >= 0.6 is 0 Å². The van der Waals surface area contributed by atoms with E-state index in [2.05, 4.69) is 78.6 Å². The zero-order valence-electron chi connectivity index (χ0n) is 14.7. The van der Waals surface area contributed by atoms with Gasteiger partial charge in [-0.2, -0.15) is 0 Å². The lowest BCUT2D eigenvalue weighted by atomic mass is 9.92. The summed E-state index contributed by atoms with van der Waals surface area (Å²) in [5.74, 6) is 0. The molecule has 0 aliphatic rings. The Bertz CT molecular complexity index is 666. The fraction of sp³-hybridized carbons (Fsp3) is 0.400. The second kappa shape index (κ2) is 5.55. The van der Waals surface area contributed by atoms with E-state index in [1.165, 1.54) is 50.3 Å². The average Bonchev–Trinajstić information content (AvgIpc) is 2.46. The van der Waals surface area contributed by atoms with Crippen molar-refractivity contribution in [1.82, 2.24) is 0 Å². The van der Waals surface area contributed by atoms with Crippen molar-refractivity contribution in [2.24, 2.45) is 0 Å². The first-order valence-electron chi connectivity index (χ1n) is 7.64. The van der Waals surface area contributed by atoms with E-state index in [9.17, 15) is 0 Å². The molecule has 2 aromatic rings. The summed E-state index contributed by atoms with van der Waals surface area (Å²) in [6.45, 7) is 15.6. The van der Waals surface area contributed by atoms with Crippen LogP contribution in [0.2, 0.25) is 0 Å². The SMILES string of the molecule is Cc1cccc(N(C)c2c(C)c(C)c(C)c(C)c2C)c1C. The fourth-order valence-corrected chi connectivity index (χ4v) is 3.20. The molecule has 0 saturated carbocycles. The Morgan fingerprint density at radius 1 is 0.619 bits per heavy atom. The van der Waals surface area contributed by atoms with E-state index in [1.807, 2.05) is 0 Å². The quantitative estimate of drug-likeness (QED) is 0.691. The minimum absolute atomic E-state index is 1.30. The van der Waals surface area contributed by atoms with E-state index in [0.29, 0.717) is 0 Å². The van der Waals surface area contributed by atoms with Crippen LogP contribution < -0.4 is 4.90 Å². The van der Waals surface area contributed by atoms with Gasteiger partial charge in [0, 0.05) is 18.4 Å². The summed E-state index contributed by atoms with van der Waals surface area (Å²) >= 11 is 0. The van der Waals surface area contributed by atoms with E-state index < -0.39 is 0 Å². The van der Waals surface area contributed by atoms with Crippen LogP contribution in [0.25, 0.3) is 0 Å². The molecule has 112 valence electrons. The summed E-state index contributed by atoms with van der Waals surface area (Å²) in [4.78, 5) is 2.35. The second-order valence-corrected chi connectivity index (χ2v) is 6.25. The molecule has 1 heteroatoms. The highest BCUT2D eigenvalue weighted by Crippen LogP contribution is 2.37. The number of hydrogen-bond donors (Lipinski definition) is 0. The summed E-state index contributed by atoms with van der Waals surface area (Å²) in [5.41, 5.74) is 12.4. The predicted molar refractivity (Wildman–Crippen MR) is 94.1 cm³/mol. The number of hydrogen-bond acceptors (Lipinski definition) is 1. The van der Waals surface area contributed by atoms with Crippen molar-refractivity contribution in [3.05, 3.63) is 57.1 Å². The van der Waals surface area contributed by atoms with Gasteiger partial charge in [-0.1, -0.05) is 12.1 Å². The normalized spacial score (nSPS) is 10.9. The number of rotatable bonds is 2. The summed E-state index contributed by atoms with van der Waals surface area (Å²) in [6, 6.07) is 6.54. The lowest BCUT2D eigenvalue weighted by Gasteiger charge is -2.29. The zero-order chi connectivity index (χ0) is 15.9. The third kappa shape index (κ3) is 2.46. The van der Waals surface area contributed by atoms with E-state index >= 15 is 0 Å². The van der Waals surface area contributed by atoms with Crippen LogP contribution in [0.4, 0.5) is 11.4 Å². The Labute approximate surface area is 129 Å². The van der Waals surface area contributed by atoms with Gasteiger partial charge >= 0.3 is 0 Å². The molecular formula is C20H27N. The highest BCUT2D eigenvalue weighted by molar-refractivity contribution is 5.74. The van der Waals surface area contributed by atoms with E-state index in [4.69, 9.17) is 0 Å². The summed E-state index contributed by atoms with van der Waals surface area (Å²) < 4.78 is 0. The molecule has 0 heterocycles. The van der Waals surface area contributed by atoms with Crippen molar-refractivity contribution in [3.63, 3.8) is 0 Å². The fourth-order valence-electron chi connectivity index (χ4n) is 3.20. The minimum Gasteiger partial charge on any atom is -0.344 e. The molecule has 0 bridgehead atoms. The predicted octanol–water partition coefficient (Wildman–Crippen LogP) is 5.61. The first-order chi connectivity index (χ1) is 9.77. The number of aryl methyl sites for hydroxylation is 1. The van der Waals surface area contributed by atoms with Crippen LogP contribution in [-0.4, -0.2) is 7.05 Å². The topological polar surface area (TPSA) is 3.24 Å². The highest BCUT2D eigenvalue weighted by Gasteiger charge is 2.17. The van der Waals surface area contributed by atoms with E-state index in [-0.39, 0.29) is 0 Å². The molecule has 0 unspecified atom stereocenters. The lowest BCUT2D eigenvalue weighted by Crippen LogP contribution is -2.16. The highest BCUT2D eigenvalue weighted by atomic mass is 15.1. The van der Waals surface area contributed by atoms with Gasteiger partial charge in [0.2, 0.25) is 0 Å². The summed E-state index contributed by atoms with van der Waals surface area (Å²) in [7, 11) is 2.19. The van der Waals surface area contributed by atoms with Crippen LogP contribution in [0, 0.1) is 48.5 Å². The molecular weight excluding hydrogens is 254 g/mol. The summed E-state index contributed by atoms with van der Waals surface area (Å²) in [5, 5.41) is 0. The van der Waals surface area contributed by atoms with Crippen LogP contribution in [-0.2, 0) is 0 Å². The van der Waals surface area contributed by atoms with Gasteiger partial charge in [0.25, 0.3) is 0 Å². The molecule has 2 rings (SSSR count). The van der Waals surface area contributed by atoms with Gasteiger partial charge in [-0.05, 0) is 93.5 Å². The van der Waals surface area contributed by atoms with Crippen molar-refractivity contribution < 1.29 is 0 Å². The number of benzene rings is 2. The van der Waals surface area contributed by atoms with Gasteiger partial charge in [-0.25, -0.2) is 0 Å². The van der Waals surface area contributed by atoms with Crippen LogP contribution in [0.1, 0.15) is 38.9 Å². The van der Waals surface area contributed by atoms with Gasteiger partial charge in [0.1, 0.15) is 0 Å². The van der Waals surface area contributed by atoms with E-state index in [0.717, 1.165) is 0 Å². The van der Waals surface area contributed by atoms with Gasteiger partial charge in [-0.3, -0.25) is 0 Å². The maximum absolute atomic E-state index is 2.35. The van der Waals surface area contributed by atoms with Gasteiger partial charge in [-0.15, -0.1) is 0 Å². The first-order valence-corrected chi connectivity index (χ1v) is 7.64. The van der Waals surface area contributed by atoms with Gasteiger partial charge < -0.3 is 4.90 Å². The van der Waals surface area contributed by atoms with Crippen LogP contribution in [0.3, 0.4) is 0 Å². The van der Waals surface area contributed by atoms with Crippen LogP contribution in [0.5, 0.6) is 0 Å². The molecule has 1 nitrogen and oxygen atoms in total. The molecule has 0 spiro atoms. The van der Waals surface area contributed by atoms with Gasteiger partial charge in [0.05, 0.1) is 0 Å². The molecule has 2 aromatic carbocycles. The van der Waals surface area contributed by atoms with Gasteiger partial charge in [0.15, 0.2) is 0 Å². The Morgan fingerprint density at radius 3 is 1.62 bits per heavy atom. The third-order valence-corrected chi connectivity index (χ3v) is 5.23. The Hall–Kier alpha value is -1.76. The molecule has 0 amide bonds. The molecule has 21 heavy (non-hydrogen) atoms. The molecule has 0 aromatic heterocycles. The molecule has 0 radical (unpaired) electrons. The molecule has 0 aliphatic carbocycles. The number of nitrogens with zero attached hydrogens (tertiary/aromatic N) is 1. The average molecular weight is 281 g/mol. The largest absolute Gasteiger partial charge is 0.344 e. The van der Waals surface area contributed by atoms with Crippen molar-refractivity contribution in [1.29, 1.82) is 0 Å². The standard InChI is InChI=1S/C20H27N/c1-12-10-9-11-19(13(12)2)21(8)20-17(6)15(4)14(3)16(5)18(20)7/h9-11H,1-8H3. The summed E-state index contributed by atoms with van der Waals surface area (Å²) in [6.07, 6.45) is 0. The van der Waals surface area contributed by atoms with Crippen molar-refractivity contribution in [3.8, 4) is 0 Å². The molecule has 0 aliphatic heterocycles. The van der Waals surface area contributed by atoms with E-state index in [1.54, 1.807) is 0 Å². The monoisotopic (exact) mass is 281 g/mol. The maximum atomic E-state index is 2.35. The second-order valence-electron chi connectivity index (χ2n) is 6.25. The minimum atomic E-state index is 1.30. The molecule has 0 fully saturated rings. The third-order valence-electron chi connectivity index (χ3n) is 5.23. The Balaban J connectivity index is 2.70.